The molecule has 0 N–H and O–H groups in total. The number of aldehydes is 1. The van der Waals surface area contributed by atoms with Crippen LogP contribution in [0.4, 0.5) is 0 Å². The maximum Gasteiger partial charge on any atom is 0.160 e. The average molecular weight is 299 g/mol. The van der Waals surface area contributed by atoms with Crippen LogP contribution in [0, 0.1) is 0 Å². The van der Waals surface area contributed by atoms with E-state index in [-0.39, 0.29) is 0 Å². The number of hydrogen-bond donors (Lipinski definition) is 0. The van der Waals surface area contributed by atoms with Crippen molar-refractivity contribution in [1.29, 1.82) is 0 Å². The van der Waals surface area contributed by atoms with Crippen LogP contribution in [0.5, 0.6) is 0 Å². The van der Waals surface area contributed by atoms with Crippen LogP contribution in [0.1, 0.15) is 9.67 Å². The largest absolute Gasteiger partial charge is 0.297 e. The predicted molar refractivity (Wildman–Crippen MR) is 68.0 cm³/mol. The van der Waals surface area contributed by atoms with E-state index in [1.165, 1.54) is 16.2 Å². The van der Waals surface area contributed by atoms with Gasteiger partial charge in [-0.3, -0.25) is 4.79 Å². The lowest BCUT2D eigenvalue weighted by atomic mass is 10.4. The highest BCUT2D eigenvalue weighted by molar-refractivity contribution is 9.10. The van der Waals surface area contributed by atoms with Gasteiger partial charge in [0, 0.05) is 19.6 Å². The Labute approximate surface area is 105 Å². The zero-order chi connectivity index (χ0) is 10.7. The van der Waals surface area contributed by atoms with Gasteiger partial charge < -0.3 is 0 Å². The summed E-state index contributed by atoms with van der Waals surface area (Å²) in [6, 6.07) is 10.0. The van der Waals surface area contributed by atoms with Crippen LogP contribution in [0.15, 0.2) is 50.0 Å². The maximum absolute atomic E-state index is 10.5. The van der Waals surface area contributed by atoms with Gasteiger partial charge in [-0.2, -0.15) is 0 Å². The molecule has 0 bridgehead atoms. The highest BCUT2D eigenvalue weighted by atomic mass is 79.9. The first-order valence-electron chi connectivity index (χ1n) is 4.25. The van der Waals surface area contributed by atoms with Crippen LogP contribution in [0.25, 0.3) is 0 Å². The molecule has 15 heavy (non-hydrogen) atoms. The smallest absolute Gasteiger partial charge is 0.160 e. The van der Waals surface area contributed by atoms with Crippen LogP contribution in [0.3, 0.4) is 0 Å². The molecule has 76 valence electrons. The number of halogens is 1. The van der Waals surface area contributed by atoms with Gasteiger partial charge >= 0.3 is 0 Å². The molecule has 1 nitrogen and oxygen atoms in total. The Morgan fingerprint density at radius 2 is 1.93 bits per heavy atom. The zero-order valence-electron chi connectivity index (χ0n) is 7.64. The zero-order valence-corrected chi connectivity index (χ0v) is 10.9. The molecule has 0 saturated carbocycles. The van der Waals surface area contributed by atoms with Crippen molar-refractivity contribution in [2.45, 2.75) is 9.79 Å². The lowest BCUT2D eigenvalue weighted by Gasteiger charge is -1.97. The molecule has 0 spiro atoms. The normalized spacial score (nSPS) is 10.2. The second-order valence-electron chi connectivity index (χ2n) is 2.86. The van der Waals surface area contributed by atoms with Gasteiger partial charge in [0.2, 0.25) is 0 Å². The molecule has 0 amide bonds. The Kier molecular flexibility index (Phi) is 3.61. The summed E-state index contributed by atoms with van der Waals surface area (Å²) in [6.45, 7) is 0. The Morgan fingerprint density at radius 3 is 2.53 bits per heavy atom. The minimum absolute atomic E-state index is 0.773. The molecule has 1 heterocycles. The van der Waals surface area contributed by atoms with Crippen molar-refractivity contribution in [3.63, 3.8) is 0 Å². The van der Waals surface area contributed by atoms with E-state index in [2.05, 4.69) is 15.9 Å². The molecule has 1 aromatic heterocycles. The summed E-state index contributed by atoms with van der Waals surface area (Å²) in [5.41, 5.74) is 0. The fourth-order valence-electron chi connectivity index (χ4n) is 1.09. The van der Waals surface area contributed by atoms with E-state index in [4.69, 9.17) is 0 Å². The molecule has 0 saturated heterocycles. The van der Waals surface area contributed by atoms with Crippen molar-refractivity contribution in [2.24, 2.45) is 0 Å². The Balaban J connectivity index is 2.14. The Morgan fingerprint density at radius 1 is 1.20 bits per heavy atom. The molecular weight excluding hydrogens is 292 g/mol. The summed E-state index contributed by atoms with van der Waals surface area (Å²) in [5, 5.41) is 2.00. The van der Waals surface area contributed by atoms with E-state index in [1.807, 2.05) is 35.7 Å². The fourth-order valence-corrected chi connectivity index (χ4v) is 3.07. The molecule has 0 atom stereocenters. The molecule has 1 aromatic carbocycles. The lowest BCUT2D eigenvalue weighted by molar-refractivity contribution is 0.112. The Bertz CT molecular complexity index is 462. The highest BCUT2D eigenvalue weighted by Gasteiger charge is 2.01. The van der Waals surface area contributed by atoms with E-state index in [0.29, 0.717) is 0 Å². The van der Waals surface area contributed by atoms with Crippen molar-refractivity contribution in [2.75, 3.05) is 0 Å². The average Bonchev–Trinajstić information content (AvgIpc) is 2.69. The molecule has 2 aromatic rings. The van der Waals surface area contributed by atoms with Gasteiger partial charge in [-0.05, 0) is 30.3 Å². The van der Waals surface area contributed by atoms with Crippen LogP contribution < -0.4 is 0 Å². The van der Waals surface area contributed by atoms with E-state index in [0.717, 1.165) is 20.5 Å². The van der Waals surface area contributed by atoms with Crippen LogP contribution in [-0.2, 0) is 0 Å². The number of rotatable bonds is 3. The first kappa shape index (κ1) is 10.9. The molecule has 0 aliphatic carbocycles. The molecule has 4 heteroatoms. The molecule has 0 unspecified atom stereocenters. The lowest BCUT2D eigenvalue weighted by Crippen LogP contribution is -1.70. The summed E-state index contributed by atoms with van der Waals surface area (Å²) in [6.07, 6.45) is 0.885. The number of carbonyl (C=O) groups excluding carboxylic acids is 1. The van der Waals surface area contributed by atoms with Gasteiger partial charge in [-0.1, -0.05) is 27.7 Å². The van der Waals surface area contributed by atoms with Crippen LogP contribution in [-0.4, -0.2) is 6.29 Å². The monoisotopic (exact) mass is 298 g/mol. The van der Waals surface area contributed by atoms with Gasteiger partial charge in [-0.25, -0.2) is 0 Å². The van der Waals surface area contributed by atoms with Gasteiger partial charge in [0.15, 0.2) is 6.29 Å². The third-order valence-electron chi connectivity index (χ3n) is 1.76. The van der Waals surface area contributed by atoms with Crippen molar-refractivity contribution in [1.82, 2.24) is 0 Å². The molecule has 0 fully saturated rings. The predicted octanol–water partition coefficient (Wildman–Crippen LogP) is 4.47. The first-order valence-corrected chi connectivity index (χ1v) is 6.74. The number of carbonyl (C=O) groups is 1. The SMILES string of the molecule is O=Cc1cc(Sc2ccc(Br)cc2)cs1. The van der Waals surface area contributed by atoms with E-state index in [9.17, 15) is 4.79 Å². The van der Waals surface area contributed by atoms with Crippen molar-refractivity contribution in [3.8, 4) is 0 Å². The highest BCUT2D eigenvalue weighted by Crippen LogP contribution is 2.31. The Hall–Kier alpha value is -0.580. The van der Waals surface area contributed by atoms with E-state index >= 15 is 0 Å². The van der Waals surface area contributed by atoms with Gasteiger partial charge in [-0.15, -0.1) is 11.3 Å². The minimum Gasteiger partial charge on any atom is -0.297 e. The van der Waals surface area contributed by atoms with Crippen molar-refractivity contribution in [3.05, 3.63) is 45.1 Å². The summed E-state index contributed by atoms with van der Waals surface area (Å²) >= 11 is 6.53. The number of hydrogen-bond acceptors (Lipinski definition) is 3. The molecular formula is C11H7BrOS2. The molecule has 0 aliphatic heterocycles. The van der Waals surface area contributed by atoms with E-state index in [1.54, 1.807) is 11.8 Å². The van der Waals surface area contributed by atoms with Gasteiger partial charge in [0.1, 0.15) is 0 Å². The fraction of sp³-hybridized carbons (Fsp3) is 0. The van der Waals surface area contributed by atoms with E-state index < -0.39 is 0 Å². The molecule has 0 aliphatic rings. The number of benzene rings is 1. The standard InChI is InChI=1S/C11H7BrOS2/c12-8-1-3-9(4-2-8)15-11-5-10(6-13)14-7-11/h1-7H. The van der Waals surface area contributed by atoms with Crippen molar-refractivity contribution < 1.29 is 4.79 Å². The quantitative estimate of drug-likeness (QED) is 0.778. The summed E-state index contributed by atoms with van der Waals surface area (Å²) in [5.74, 6) is 0. The summed E-state index contributed by atoms with van der Waals surface area (Å²) < 4.78 is 1.07. The van der Waals surface area contributed by atoms with Gasteiger partial charge in [0.05, 0.1) is 4.88 Å². The minimum atomic E-state index is 0.773. The summed E-state index contributed by atoms with van der Waals surface area (Å²) in [7, 11) is 0. The van der Waals surface area contributed by atoms with Gasteiger partial charge in [0.25, 0.3) is 0 Å². The molecule has 0 radical (unpaired) electrons. The van der Waals surface area contributed by atoms with Crippen molar-refractivity contribution >= 4 is 45.3 Å². The first-order chi connectivity index (χ1) is 7.28. The second kappa shape index (κ2) is 4.96. The number of thiophene rings is 1. The maximum atomic E-state index is 10.5. The molecule has 2 rings (SSSR count). The third-order valence-corrected chi connectivity index (χ3v) is 4.28. The summed E-state index contributed by atoms with van der Waals surface area (Å²) in [4.78, 5) is 13.6. The van der Waals surface area contributed by atoms with Crippen LogP contribution in [0.2, 0.25) is 0 Å². The third kappa shape index (κ3) is 2.93. The van der Waals surface area contributed by atoms with Crippen LogP contribution >= 0.6 is 39.0 Å². The second-order valence-corrected chi connectivity index (χ2v) is 5.86. The topological polar surface area (TPSA) is 17.1 Å².